The maximum absolute atomic E-state index is 12.8. The van der Waals surface area contributed by atoms with E-state index in [1.807, 2.05) is 0 Å². The Bertz CT molecular complexity index is 1140. The number of nitrogens with one attached hydrogen (secondary N) is 3. The highest BCUT2D eigenvalue weighted by Crippen LogP contribution is 2.31. The summed E-state index contributed by atoms with van der Waals surface area (Å²) < 4.78 is 27.7. The van der Waals surface area contributed by atoms with Crippen LogP contribution in [-0.2, 0) is 14.8 Å². The largest absolute Gasteiger partial charge is 0.326 e. The molecule has 31 heavy (non-hydrogen) atoms. The Labute approximate surface area is 191 Å². The number of hydrogen-bond donors (Lipinski definition) is 3. The summed E-state index contributed by atoms with van der Waals surface area (Å²) in [5, 5.41) is 5.41. The minimum Gasteiger partial charge on any atom is -0.326 e. The van der Waals surface area contributed by atoms with Gasteiger partial charge in [-0.15, -0.1) is 0 Å². The summed E-state index contributed by atoms with van der Waals surface area (Å²) in [6.07, 6.45) is 1.53. The van der Waals surface area contributed by atoms with Crippen LogP contribution in [0.4, 0.5) is 11.4 Å². The molecule has 7 nitrogen and oxygen atoms in total. The van der Waals surface area contributed by atoms with Gasteiger partial charge < -0.3 is 10.6 Å². The number of anilines is 2. The van der Waals surface area contributed by atoms with Crippen molar-refractivity contribution in [1.29, 1.82) is 0 Å². The zero-order valence-electron chi connectivity index (χ0n) is 17.3. The molecule has 10 heteroatoms. The molecule has 0 spiro atoms. The fourth-order valence-corrected chi connectivity index (χ4v) is 4.75. The highest BCUT2D eigenvalue weighted by atomic mass is 35.5. The van der Waals surface area contributed by atoms with Crippen molar-refractivity contribution >= 4 is 56.4 Å². The molecule has 0 bridgehead atoms. The standard InChI is InChI=1S/C21H23Cl2N3O4S/c1-21(2,3)20(28)25-14-6-4-5-13(9-14)24-19(27)15-10-18(17(23)11-16(15)22)31(29,30)26-12-7-8-12/h4-6,9-12,26H,7-8H2,1-3H3,(H,24,27)(H,25,28). The maximum Gasteiger partial charge on any atom is 0.257 e. The molecule has 1 aliphatic carbocycles. The molecule has 0 heterocycles. The van der Waals surface area contributed by atoms with Crippen molar-refractivity contribution in [3.05, 3.63) is 52.0 Å². The van der Waals surface area contributed by atoms with Gasteiger partial charge in [-0.05, 0) is 43.2 Å². The molecule has 0 radical (unpaired) electrons. The van der Waals surface area contributed by atoms with Gasteiger partial charge in [0.15, 0.2) is 0 Å². The fraction of sp³-hybridized carbons (Fsp3) is 0.333. The molecule has 0 atom stereocenters. The average molecular weight is 484 g/mol. The number of sulfonamides is 1. The third kappa shape index (κ3) is 5.98. The van der Waals surface area contributed by atoms with Gasteiger partial charge >= 0.3 is 0 Å². The Morgan fingerprint density at radius 1 is 0.968 bits per heavy atom. The van der Waals surface area contributed by atoms with Crippen LogP contribution in [0.15, 0.2) is 41.3 Å². The van der Waals surface area contributed by atoms with Crippen molar-refractivity contribution in [2.75, 3.05) is 10.6 Å². The van der Waals surface area contributed by atoms with E-state index in [1.165, 1.54) is 6.07 Å². The summed E-state index contributed by atoms with van der Waals surface area (Å²) >= 11 is 12.2. The zero-order chi connectivity index (χ0) is 23.0. The van der Waals surface area contributed by atoms with Gasteiger partial charge in [-0.1, -0.05) is 50.0 Å². The van der Waals surface area contributed by atoms with E-state index in [2.05, 4.69) is 15.4 Å². The topological polar surface area (TPSA) is 104 Å². The SMILES string of the molecule is CC(C)(C)C(=O)Nc1cccc(NC(=O)c2cc(S(=O)(=O)NC3CC3)c(Cl)cc2Cl)c1. The molecule has 1 saturated carbocycles. The predicted molar refractivity (Wildman–Crippen MR) is 122 cm³/mol. The lowest BCUT2D eigenvalue weighted by Crippen LogP contribution is -2.27. The first-order chi connectivity index (χ1) is 14.4. The smallest absolute Gasteiger partial charge is 0.257 e. The molecule has 1 fully saturated rings. The van der Waals surface area contributed by atoms with Crippen molar-refractivity contribution in [2.45, 2.75) is 44.6 Å². The van der Waals surface area contributed by atoms with Crippen molar-refractivity contribution < 1.29 is 18.0 Å². The predicted octanol–water partition coefficient (Wildman–Crippen LogP) is 4.67. The Morgan fingerprint density at radius 2 is 1.58 bits per heavy atom. The molecule has 0 aromatic heterocycles. The van der Waals surface area contributed by atoms with Gasteiger partial charge in [0.1, 0.15) is 4.90 Å². The van der Waals surface area contributed by atoms with E-state index < -0.39 is 21.3 Å². The van der Waals surface area contributed by atoms with E-state index in [0.717, 1.165) is 18.9 Å². The number of hydrogen-bond acceptors (Lipinski definition) is 4. The van der Waals surface area contributed by atoms with Crippen molar-refractivity contribution in [3.8, 4) is 0 Å². The van der Waals surface area contributed by atoms with Crippen molar-refractivity contribution in [2.24, 2.45) is 5.41 Å². The average Bonchev–Trinajstić information content (AvgIpc) is 3.44. The van der Waals surface area contributed by atoms with Crippen LogP contribution in [-0.4, -0.2) is 26.3 Å². The van der Waals surface area contributed by atoms with Gasteiger partial charge in [0.25, 0.3) is 5.91 Å². The van der Waals surface area contributed by atoms with Crippen LogP contribution in [0.5, 0.6) is 0 Å². The summed E-state index contributed by atoms with van der Waals surface area (Å²) in [5.41, 5.74) is 0.304. The second kappa shape index (κ2) is 8.78. The molecule has 166 valence electrons. The first-order valence-corrected chi connectivity index (χ1v) is 11.8. The second-order valence-electron chi connectivity index (χ2n) is 8.40. The normalized spacial score (nSPS) is 14.2. The van der Waals surface area contributed by atoms with E-state index in [4.69, 9.17) is 23.2 Å². The van der Waals surface area contributed by atoms with Crippen LogP contribution in [0, 0.1) is 5.41 Å². The van der Waals surface area contributed by atoms with Gasteiger partial charge in [0.05, 0.1) is 15.6 Å². The monoisotopic (exact) mass is 483 g/mol. The van der Waals surface area contributed by atoms with Gasteiger partial charge in [-0.25, -0.2) is 13.1 Å². The lowest BCUT2D eigenvalue weighted by molar-refractivity contribution is -0.123. The van der Waals surface area contributed by atoms with Crippen LogP contribution in [0.1, 0.15) is 44.0 Å². The molecule has 3 N–H and O–H groups in total. The van der Waals surface area contributed by atoms with Crippen LogP contribution in [0.3, 0.4) is 0 Å². The molecule has 0 aliphatic heterocycles. The first kappa shape index (κ1) is 23.5. The summed E-state index contributed by atoms with van der Waals surface area (Å²) in [7, 11) is -3.88. The molecular formula is C21H23Cl2N3O4S. The van der Waals surface area contributed by atoms with Gasteiger partial charge in [-0.3, -0.25) is 9.59 Å². The lowest BCUT2D eigenvalue weighted by Gasteiger charge is -2.18. The van der Waals surface area contributed by atoms with Crippen molar-refractivity contribution in [3.63, 3.8) is 0 Å². The van der Waals surface area contributed by atoms with Crippen LogP contribution in [0.2, 0.25) is 10.0 Å². The van der Waals surface area contributed by atoms with Gasteiger partial charge in [0.2, 0.25) is 15.9 Å². The third-order valence-corrected chi connectivity index (χ3v) is 6.81. The summed E-state index contributed by atoms with van der Waals surface area (Å²) in [4.78, 5) is 24.8. The zero-order valence-corrected chi connectivity index (χ0v) is 19.6. The minimum absolute atomic E-state index is 0.0186. The number of carbonyl (C=O) groups is 2. The van der Waals surface area contributed by atoms with E-state index >= 15 is 0 Å². The minimum atomic E-state index is -3.88. The number of carbonyl (C=O) groups excluding carboxylic acids is 2. The van der Waals surface area contributed by atoms with Gasteiger partial charge in [-0.2, -0.15) is 0 Å². The Morgan fingerprint density at radius 3 is 2.16 bits per heavy atom. The number of amides is 2. The van der Waals surface area contributed by atoms with Gasteiger partial charge in [0, 0.05) is 22.8 Å². The van der Waals surface area contributed by atoms with Crippen LogP contribution < -0.4 is 15.4 Å². The molecule has 2 aromatic carbocycles. The lowest BCUT2D eigenvalue weighted by atomic mass is 9.95. The van der Waals surface area contributed by atoms with Crippen molar-refractivity contribution in [1.82, 2.24) is 4.72 Å². The molecule has 0 unspecified atom stereocenters. The molecule has 3 rings (SSSR count). The first-order valence-electron chi connectivity index (χ1n) is 9.61. The Balaban J connectivity index is 1.83. The summed E-state index contributed by atoms with van der Waals surface area (Å²) in [6.45, 7) is 5.38. The molecular weight excluding hydrogens is 461 g/mol. The number of rotatable bonds is 6. The molecule has 2 aromatic rings. The van der Waals surface area contributed by atoms with E-state index in [0.29, 0.717) is 11.4 Å². The third-order valence-electron chi connectivity index (χ3n) is 4.51. The van der Waals surface area contributed by atoms with Crippen LogP contribution in [0.25, 0.3) is 0 Å². The fourth-order valence-electron chi connectivity index (χ4n) is 2.58. The van der Waals surface area contributed by atoms with Crippen LogP contribution >= 0.6 is 23.2 Å². The van der Waals surface area contributed by atoms with E-state index in [9.17, 15) is 18.0 Å². The summed E-state index contributed by atoms with van der Waals surface area (Å²) in [5.74, 6) is -0.779. The van der Waals surface area contributed by atoms with E-state index in [-0.39, 0.29) is 32.5 Å². The maximum atomic E-state index is 12.8. The second-order valence-corrected chi connectivity index (χ2v) is 10.9. The quantitative estimate of drug-likeness (QED) is 0.554. The highest BCUT2D eigenvalue weighted by Gasteiger charge is 2.30. The Kier molecular flexibility index (Phi) is 6.67. The summed E-state index contributed by atoms with van der Waals surface area (Å²) in [6, 6.07) is 8.89. The number of benzene rings is 2. The molecule has 0 saturated heterocycles. The Hall–Kier alpha value is -2.13. The molecule has 2 amide bonds. The number of halogens is 2. The van der Waals surface area contributed by atoms with E-state index in [1.54, 1.807) is 45.0 Å². The molecule has 1 aliphatic rings. The highest BCUT2D eigenvalue weighted by molar-refractivity contribution is 7.89.